The molecular formula is C15H12ClN5O. The molecule has 4 N–H and O–H groups in total. The topological polar surface area (TPSA) is 104 Å². The summed E-state index contributed by atoms with van der Waals surface area (Å²) in [5.74, 6) is -0.0637. The van der Waals surface area contributed by atoms with E-state index >= 15 is 0 Å². The van der Waals surface area contributed by atoms with E-state index in [4.69, 9.17) is 22.6 Å². The maximum atomic E-state index is 12.0. The lowest BCUT2D eigenvalue weighted by Crippen LogP contribution is -2.14. The van der Waals surface area contributed by atoms with Crippen LogP contribution in [0.1, 0.15) is 0 Å². The van der Waals surface area contributed by atoms with Gasteiger partial charge in [0.1, 0.15) is 17.5 Å². The van der Waals surface area contributed by atoms with Gasteiger partial charge in [-0.2, -0.15) is 5.26 Å². The first-order valence-electron chi connectivity index (χ1n) is 6.24. The molecule has 0 aliphatic carbocycles. The summed E-state index contributed by atoms with van der Waals surface area (Å²) < 4.78 is 0. The predicted molar refractivity (Wildman–Crippen MR) is 86.0 cm³/mol. The molecule has 0 radical (unpaired) electrons. The number of nitrogen functional groups attached to an aromatic ring is 1. The number of nitrogens with zero attached hydrogens (tertiary/aromatic N) is 2. The fourth-order valence-electron chi connectivity index (χ4n) is 1.52. The third kappa shape index (κ3) is 4.23. The number of carbonyl (C=O) groups excluding carboxylic acids is 1. The fraction of sp³-hybridized carbons (Fsp3) is 0. The van der Waals surface area contributed by atoms with Gasteiger partial charge in [-0.25, -0.2) is 4.98 Å². The van der Waals surface area contributed by atoms with Crippen molar-refractivity contribution in [2.24, 2.45) is 0 Å². The Bertz CT molecular complexity index is 732. The molecule has 1 aromatic heterocycles. The van der Waals surface area contributed by atoms with Crippen LogP contribution in [0, 0.1) is 11.3 Å². The number of nitrogens with two attached hydrogens (primary N) is 1. The molecule has 0 fully saturated rings. The molecule has 1 amide bonds. The minimum Gasteiger partial charge on any atom is -0.399 e. The average Bonchev–Trinajstić information content (AvgIpc) is 2.52. The van der Waals surface area contributed by atoms with Gasteiger partial charge >= 0.3 is 0 Å². The summed E-state index contributed by atoms with van der Waals surface area (Å²) in [5, 5.41) is 14.9. The molecule has 0 saturated carbocycles. The van der Waals surface area contributed by atoms with Crippen LogP contribution in [-0.2, 0) is 4.79 Å². The summed E-state index contributed by atoms with van der Waals surface area (Å²) in [7, 11) is 0. The van der Waals surface area contributed by atoms with Crippen molar-refractivity contribution in [1.82, 2.24) is 4.98 Å². The Kier molecular flexibility index (Phi) is 4.96. The number of anilines is 3. The molecule has 7 heteroatoms. The standard InChI is InChI=1S/C15H12ClN5O/c16-11-1-6-14(20-9-11)19-8-10(7-17)15(22)21-13-4-2-12(18)3-5-13/h1-6,8-9H,18H2,(H,19,20)(H,21,22)/b10-8-. The van der Waals surface area contributed by atoms with E-state index in [9.17, 15) is 4.79 Å². The van der Waals surface area contributed by atoms with Gasteiger partial charge in [-0.05, 0) is 36.4 Å². The second-order valence-corrected chi connectivity index (χ2v) is 4.69. The van der Waals surface area contributed by atoms with Gasteiger partial charge in [-0.1, -0.05) is 11.6 Å². The first-order chi connectivity index (χ1) is 10.6. The summed E-state index contributed by atoms with van der Waals surface area (Å²) in [6.07, 6.45) is 2.74. The van der Waals surface area contributed by atoms with Crippen LogP contribution < -0.4 is 16.4 Å². The van der Waals surface area contributed by atoms with E-state index < -0.39 is 5.91 Å². The molecule has 1 heterocycles. The minimum absolute atomic E-state index is 0.0893. The molecule has 2 aromatic rings. The third-order valence-corrected chi connectivity index (χ3v) is 2.85. The van der Waals surface area contributed by atoms with Gasteiger partial charge < -0.3 is 16.4 Å². The minimum atomic E-state index is -0.534. The molecule has 0 aliphatic heterocycles. The van der Waals surface area contributed by atoms with Gasteiger partial charge in [-0.3, -0.25) is 4.79 Å². The molecule has 0 atom stereocenters. The number of carbonyl (C=O) groups is 1. The van der Waals surface area contributed by atoms with Crippen molar-refractivity contribution in [2.45, 2.75) is 0 Å². The van der Waals surface area contributed by atoms with Crippen molar-refractivity contribution < 1.29 is 4.79 Å². The number of rotatable bonds is 4. The monoisotopic (exact) mass is 313 g/mol. The number of nitrogens with one attached hydrogen (secondary N) is 2. The SMILES string of the molecule is N#C/C(=C/Nc1ccc(Cl)cn1)C(=O)Nc1ccc(N)cc1. The Balaban J connectivity index is 2.05. The van der Waals surface area contributed by atoms with Gasteiger partial charge in [-0.15, -0.1) is 0 Å². The highest BCUT2D eigenvalue weighted by Gasteiger charge is 2.09. The van der Waals surface area contributed by atoms with Gasteiger partial charge in [0.15, 0.2) is 0 Å². The highest BCUT2D eigenvalue weighted by atomic mass is 35.5. The van der Waals surface area contributed by atoms with Crippen molar-refractivity contribution in [1.29, 1.82) is 5.26 Å². The van der Waals surface area contributed by atoms with Crippen LogP contribution in [0.4, 0.5) is 17.2 Å². The number of hydrogen-bond donors (Lipinski definition) is 3. The number of benzene rings is 1. The molecule has 0 aliphatic rings. The van der Waals surface area contributed by atoms with E-state index in [0.29, 0.717) is 22.2 Å². The third-order valence-electron chi connectivity index (χ3n) is 2.63. The predicted octanol–water partition coefficient (Wildman–Crippen LogP) is 2.78. The van der Waals surface area contributed by atoms with E-state index in [1.54, 1.807) is 36.4 Å². The smallest absolute Gasteiger partial charge is 0.267 e. The maximum absolute atomic E-state index is 12.0. The first-order valence-corrected chi connectivity index (χ1v) is 6.61. The van der Waals surface area contributed by atoms with Gasteiger partial charge in [0.2, 0.25) is 0 Å². The number of amides is 1. The van der Waals surface area contributed by atoms with Crippen molar-refractivity contribution in [3.63, 3.8) is 0 Å². The van der Waals surface area contributed by atoms with Crippen molar-refractivity contribution in [2.75, 3.05) is 16.4 Å². The van der Waals surface area contributed by atoms with Crippen LogP contribution in [0.3, 0.4) is 0 Å². The second-order valence-electron chi connectivity index (χ2n) is 4.25. The molecule has 22 heavy (non-hydrogen) atoms. The Hall–Kier alpha value is -3.04. The molecular weight excluding hydrogens is 302 g/mol. The normalized spacial score (nSPS) is 10.6. The Labute approximate surface area is 132 Å². The molecule has 1 aromatic carbocycles. The van der Waals surface area contributed by atoms with Crippen molar-refractivity contribution in [3.05, 3.63) is 59.4 Å². The average molecular weight is 314 g/mol. The zero-order valence-corrected chi connectivity index (χ0v) is 12.1. The summed E-state index contributed by atoms with van der Waals surface area (Å²) in [6, 6.07) is 11.7. The second kappa shape index (κ2) is 7.11. The van der Waals surface area contributed by atoms with E-state index in [-0.39, 0.29) is 5.57 Å². The van der Waals surface area contributed by atoms with Gasteiger partial charge in [0, 0.05) is 23.8 Å². The molecule has 0 bridgehead atoms. The first kappa shape index (κ1) is 15.4. The Morgan fingerprint density at radius 1 is 1.27 bits per heavy atom. The van der Waals surface area contributed by atoms with E-state index in [1.165, 1.54) is 12.4 Å². The largest absolute Gasteiger partial charge is 0.399 e. The van der Waals surface area contributed by atoms with Crippen molar-refractivity contribution in [3.8, 4) is 6.07 Å². The number of pyridine rings is 1. The van der Waals surface area contributed by atoms with Crippen molar-refractivity contribution >= 4 is 34.7 Å². The zero-order chi connectivity index (χ0) is 15.9. The lowest BCUT2D eigenvalue weighted by molar-refractivity contribution is -0.112. The number of hydrogen-bond acceptors (Lipinski definition) is 5. The zero-order valence-electron chi connectivity index (χ0n) is 11.4. The molecule has 0 spiro atoms. The number of halogens is 1. The van der Waals surface area contributed by atoms with Crippen LogP contribution in [-0.4, -0.2) is 10.9 Å². The highest BCUT2D eigenvalue weighted by Crippen LogP contribution is 2.12. The van der Waals surface area contributed by atoms with Crippen LogP contribution >= 0.6 is 11.6 Å². The molecule has 6 nitrogen and oxygen atoms in total. The Morgan fingerprint density at radius 2 is 2.00 bits per heavy atom. The molecule has 0 saturated heterocycles. The van der Waals surface area contributed by atoms with Crippen LogP contribution in [0.2, 0.25) is 5.02 Å². The summed E-state index contributed by atoms with van der Waals surface area (Å²) in [6.45, 7) is 0. The van der Waals surface area contributed by atoms with Crippen LogP contribution in [0.15, 0.2) is 54.4 Å². The van der Waals surface area contributed by atoms with E-state index in [2.05, 4.69) is 15.6 Å². The molecule has 110 valence electrons. The van der Waals surface area contributed by atoms with Gasteiger partial charge in [0.05, 0.1) is 5.02 Å². The maximum Gasteiger partial charge on any atom is 0.267 e. The van der Waals surface area contributed by atoms with Gasteiger partial charge in [0.25, 0.3) is 5.91 Å². The number of aromatic nitrogens is 1. The number of nitriles is 1. The fourth-order valence-corrected chi connectivity index (χ4v) is 1.63. The lowest BCUT2D eigenvalue weighted by atomic mass is 10.2. The van der Waals surface area contributed by atoms with Crippen LogP contribution in [0.5, 0.6) is 0 Å². The summed E-state index contributed by atoms with van der Waals surface area (Å²) in [4.78, 5) is 16.0. The van der Waals surface area contributed by atoms with E-state index in [1.807, 2.05) is 6.07 Å². The summed E-state index contributed by atoms with van der Waals surface area (Å²) in [5.41, 5.74) is 6.61. The molecule has 2 rings (SSSR count). The molecule has 0 unspecified atom stereocenters. The summed E-state index contributed by atoms with van der Waals surface area (Å²) >= 11 is 5.72. The van der Waals surface area contributed by atoms with E-state index in [0.717, 1.165) is 0 Å². The highest BCUT2D eigenvalue weighted by molar-refractivity contribution is 6.30. The quantitative estimate of drug-likeness (QED) is 0.457. The Morgan fingerprint density at radius 3 is 2.59 bits per heavy atom. The van der Waals surface area contributed by atoms with Crippen LogP contribution in [0.25, 0.3) is 0 Å². The lowest BCUT2D eigenvalue weighted by Gasteiger charge is -2.05.